The van der Waals surface area contributed by atoms with E-state index < -0.39 is 5.67 Å². The highest BCUT2D eigenvalue weighted by Gasteiger charge is 2.42. The van der Waals surface area contributed by atoms with E-state index in [2.05, 4.69) is 29.2 Å². The monoisotopic (exact) mass is 255 g/mol. The number of likely N-dealkylation sites (tertiary alicyclic amines) is 1. The Bertz CT molecular complexity index is 488. The van der Waals surface area contributed by atoms with Gasteiger partial charge in [-0.3, -0.25) is 4.90 Å². The van der Waals surface area contributed by atoms with Crippen LogP contribution in [0, 0.1) is 0 Å². The van der Waals surface area contributed by atoms with Gasteiger partial charge in [-0.15, -0.1) is 0 Å². The maximum absolute atomic E-state index is 13.8. The summed E-state index contributed by atoms with van der Waals surface area (Å²) >= 11 is 0. The minimum absolute atomic E-state index is 0.159. The second-order valence-electron chi connectivity index (χ2n) is 5.54. The van der Waals surface area contributed by atoms with E-state index in [1.807, 2.05) is 36.4 Å². The number of hydrogen-bond donors (Lipinski definition) is 0. The molecule has 0 aliphatic carbocycles. The third kappa shape index (κ3) is 2.54. The van der Waals surface area contributed by atoms with Crippen LogP contribution >= 0.6 is 0 Å². The summed E-state index contributed by atoms with van der Waals surface area (Å²) in [7, 11) is 0. The summed E-state index contributed by atoms with van der Waals surface area (Å²) in [6.07, 6.45) is 0. The first-order chi connectivity index (χ1) is 9.16. The lowest BCUT2D eigenvalue weighted by atomic mass is 9.89. The average Bonchev–Trinajstić information content (AvgIpc) is 2.39. The third-order valence-electron chi connectivity index (χ3n) is 3.66. The summed E-state index contributed by atoms with van der Waals surface area (Å²) in [5, 5.41) is 0. The molecule has 2 aromatic rings. The van der Waals surface area contributed by atoms with Crippen molar-refractivity contribution in [3.05, 3.63) is 71.8 Å². The fourth-order valence-corrected chi connectivity index (χ4v) is 2.87. The molecule has 1 nitrogen and oxygen atoms in total. The second kappa shape index (κ2) is 4.78. The van der Waals surface area contributed by atoms with Crippen molar-refractivity contribution in [2.75, 3.05) is 13.1 Å². The third-order valence-corrected chi connectivity index (χ3v) is 3.66. The summed E-state index contributed by atoms with van der Waals surface area (Å²) in [5.74, 6) is 0. The van der Waals surface area contributed by atoms with E-state index in [0.29, 0.717) is 13.1 Å². The van der Waals surface area contributed by atoms with E-state index in [0.717, 1.165) is 0 Å². The van der Waals surface area contributed by atoms with Crippen LogP contribution in [0.15, 0.2) is 60.7 Å². The summed E-state index contributed by atoms with van der Waals surface area (Å²) in [4.78, 5) is 2.20. The number of benzene rings is 2. The van der Waals surface area contributed by atoms with Gasteiger partial charge in [-0.1, -0.05) is 60.7 Å². The zero-order chi connectivity index (χ0) is 13.3. The molecule has 19 heavy (non-hydrogen) atoms. The van der Waals surface area contributed by atoms with Crippen LogP contribution < -0.4 is 0 Å². The molecule has 3 rings (SSSR count). The summed E-state index contributed by atoms with van der Waals surface area (Å²) in [6, 6.07) is 20.8. The predicted octanol–water partition coefficient (Wildman–Crippen LogP) is 3.82. The molecule has 0 N–H and O–H groups in total. The van der Waals surface area contributed by atoms with Crippen LogP contribution in [0.25, 0.3) is 0 Å². The zero-order valence-corrected chi connectivity index (χ0v) is 11.1. The van der Waals surface area contributed by atoms with Crippen molar-refractivity contribution in [3.8, 4) is 0 Å². The van der Waals surface area contributed by atoms with Crippen molar-refractivity contribution in [2.24, 2.45) is 0 Å². The largest absolute Gasteiger partial charge is 0.286 e. The summed E-state index contributed by atoms with van der Waals surface area (Å²) in [6.45, 7) is 2.68. The molecule has 1 heterocycles. The highest BCUT2D eigenvalue weighted by molar-refractivity contribution is 5.32. The Morgan fingerprint density at radius 1 is 0.895 bits per heavy atom. The van der Waals surface area contributed by atoms with Gasteiger partial charge in [0.15, 0.2) is 0 Å². The molecule has 0 radical (unpaired) electrons. The van der Waals surface area contributed by atoms with E-state index in [1.54, 1.807) is 6.92 Å². The molecule has 98 valence electrons. The van der Waals surface area contributed by atoms with Gasteiger partial charge < -0.3 is 0 Å². The molecule has 0 spiro atoms. The van der Waals surface area contributed by atoms with Gasteiger partial charge in [0.2, 0.25) is 0 Å². The van der Waals surface area contributed by atoms with E-state index in [-0.39, 0.29) is 6.04 Å². The lowest BCUT2D eigenvalue weighted by molar-refractivity contribution is -0.0359. The molecule has 0 bridgehead atoms. The van der Waals surface area contributed by atoms with Crippen molar-refractivity contribution < 1.29 is 4.39 Å². The smallest absolute Gasteiger partial charge is 0.133 e. The molecule has 1 aliphatic heterocycles. The number of rotatable bonds is 3. The first-order valence-corrected chi connectivity index (χ1v) is 6.69. The van der Waals surface area contributed by atoms with Crippen molar-refractivity contribution in [1.82, 2.24) is 4.90 Å². The Morgan fingerprint density at radius 3 is 1.68 bits per heavy atom. The molecule has 2 heteroatoms. The summed E-state index contributed by atoms with van der Waals surface area (Å²) in [5.41, 5.74) is 1.41. The van der Waals surface area contributed by atoms with Crippen molar-refractivity contribution in [2.45, 2.75) is 18.6 Å². The molecule has 0 aromatic heterocycles. The molecule has 0 saturated carbocycles. The van der Waals surface area contributed by atoms with Crippen LogP contribution in [-0.2, 0) is 0 Å². The molecule has 1 aliphatic rings. The van der Waals surface area contributed by atoms with Gasteiger partial charge in [-0.05, 0) is 18.1 Å². The fourth-order valence-electron chi connectivity index (χ4n) is 2.87. The molecule has 1 saturated heterocycles. The lowest BCUT2D eigenvalue weighted by Crippen LogP contribution is -2.58. The van der Waals surface area contributed by atoms with Crippen molar-refractivity contribution in [1.29, 1.82) is 0 Å². The van der Waals surface area contributed by atoms with Crippen LogP contribution in [0.3, 0.4) is 0 Å². The van der Waals surface area contributed by atoms with E-state index in [1.165, 1.54) is 11.1 Å². The Kier molecular flexibility index (Phi) is 3.11. The average molecular weight is 255 g/mol. The highest BCUT2D eigenvalue weighted by Crippen LogP contribution is 2.37. The Hall–Kier alpha value is -1.67. The first kappa shape index (κ1) is 12.4. The second-order valence-corrected chi connectivity index (χ2v) is 5.54. The van der Waals surface area contributed by atoms with Crippen LogP contribution in [0.5, 0.6) is 0 Å². The summed E-state index contributed by atoms with van der Waals surface area (Å²) < 4.78 is 13.8. The minimum atomic E-state index is -1.04. The molecule has 0 unspecified atom stereocenters. The molecule has 0 amide bonds. The number of alkyl halides is 1. The van der Waals surface area contributed by atoms with Gasteiger partial charge in [0.1, 0.15) is 5.67 Å². The van der Waals surface area contributed by atoms with Gasteiger partial charge in [0.05, 0.1) is 6.04 Å². The highest BCUT2D eigenvalue weighted by atomic mass is 19.1. The van der Waals surface area contributed by atoms with E-state index in [9.17, 15) is 4.39 Å². The standard InChI is InChI=1S/C17H18FN/c1-17(18)12-19(13-17)16(14-8-4-2-5-9-14)15-10-6-3-7-11-15/h2-11,16H,12-13H2,1H3. The number of hydrogen-bond acceptors (Lipinski definition) is 1. The normalized spacial score (nSPS) is 18.3. The molecule has 0 atom stereocenters. The first-order valence-electron chi connectivity index (χ1n) is 6.69. The molecule has 1 fully saturated rings. The molecular formula is C17H18FN. The Morgan fingerprint density at radius 2 is 1.32 bits per heavy atom. The number of nitrogens with zero attached hydrogens (tertiary/aromatic N) is 1. The van der Waals surface area contributed by atoms with Gasteiger partial charge in [0, 0.05) is 13.1 Å². The van der Waals surface area contributed by atoms with E-state index in [4.69, 9.17) is 0 Å². The zero-order valence-electron chi connectivity index (χ0n) is 11.1. The van der Waals surface area contributed by atoms with Crippen molar-refractivity contribution >= 4 is 0 Å². The topological polar surface area (TPSA) is 3.24 Å². The van der Waals surface area contributed by atoms with Crippen molar-refractivity contribution in [3.63, 3.8) is 0 Å². The van der Waals surface area contributed by atoms with E-state index >= 15 is 0 Å². The van der Waals surface area contributed by atoms with Crippen LogP contribution in [-0.4, -0.2) is 23.7 Å². The Labute approximate surface area is 113 Å². The van der Waals surface area contributed by atoms with Crippen LogP contribution in [0.1, 0.15) is 24.1 Å². The molecule has 2 aromatic carbocycles. The number of halogens is 1. The van der Waals surface area contributed by atoms with Crippen LogP contribution in [0.2, 0.25) is 0 Å². The van der Waals surface area contributed by atoms with Gasteiger partial charge in [-0.25, -0.2) is 4.39 Å². The van der Waals surface area contributed by atoms with Gasteiger partial charge in [0.25, 0.3) is 0 Å². The molecular weight excluding hydrogens is 237 g/mol. The maximum Gasteiger partial charge on any atom is 0.133 e. The Balaban J connectivity index is 1.93. The van der Waals surface area contributed by atoms with Gasteiger partial charge in [-0.2, -0.15) is 0 Å². The lowest BCUT2D eigenvalue weighted by Gasteiger charge is -2.47. The van der Waals surface area contributed by atoms with Crippen LogP contribution in [0.4, 0.5) is 4.39 Å². The van der Waals surface area contributed by atoms with Gasteiger partial charge >= 0.3 is 0 Å². The predicted molar refractivity (Wildman–Crippen MR) is 75.8 cm³/mol. The maximum atomic E-state index is 13.8. The fraction of sp³-hybridized carbons (Fsp3) is 0.294. The SMILES string of the molecule is CC1(F)CN(C(c2ccccc2)c2ccccc2)C1. The quantitative estimate of drug-likeness (QED) is 0.806. The minimum Gasteiger partial charge on any atom is -0.286 e.